The minimum atomic E-state index is -4.55. The molecule has 2 amide bonds. The fourth-order valence-corrected chi connectivity index (χ4v) is 3.61. The van der Waals surface area contributed by atoms with Crippen molar-refractivity contribution >= 4 is 23.3 Å². The minimum Gasteiger partial charge on any atom is -0.378 e. The van der Waals surface area contributed by atoms with Gasteiger partial charge in [0.15, 0.2) is 5.82 Å². The molecule has 3 N–H and O–H groups in total. The number of hydroxylamine groups is 1. The summed E-state index contributed by atoms with van der Waals surface area (Å²) in [7, 11) is 0. The lowest BCUT2D eigenvalue weighted by atomic mass is 10.1. The lowest BCUT2D eigenvalue weighted by Crippen LogP contribution is -2.40. The zero-order chi connectivity index (χ0) is 25.7. The van der Waals surface area contributed by atoms with E-state index in [1.807, 2.05) is 0 Å². The molecule has 188 valence electrons. The molecule has 36 heavy (non-hydrogen) atoms. The van der Waals surface area contributed by atoms with E-state index in [1.165, 1.54) is 23.7 Å². The molecule has 4 rings (SSSR count). The summed E-state index contributed by atoms with van der Waals surface area (Å²) in [4.78, 5) is 34.5. The first-order valence-corrected chi connectivity index (χ1v) is 11.0. The van der Waals surface area contributed by atoms with Gasteiger partial charge in [-0.2, -0.15) is 13.2 Å². The fourth-order valence-electron chi connectivity index (χ4n) is 3.61. The van der Waals surface area contributed by atoms with Crippen LogP contribution in [0.5, 0.6) is 0 Å². The van der Waals surface area contributed by atoms with Crippen LogP contribution in [0.2, 0.25) is 0 Å². The monoisotopic (exact) mass is 501 g/mol. The number of carbonyl (C=O) groups is 2. The Kier molecular flexibility index (Phi) is 7.46. The molecule has 9 nitrogen and oxygen atoms in total. The van der Waals surface area contributed by atoms with Crippen LogP contribution < -0.4 is 10.8 Å². The van der Waals surface area contributed by atoms with Crippen molar-refractivity contribution in [2.75, 3.05) is 31.6 Å². The van der Waals surface area contributed by atoms with Crippen LogP contribution in [0.3, 0.4) is 0 Å². The van der Waals surface area contributed by atoms with E-state index < -0.39 is 17.6 Å². The molecule has 0 atom stereocenters. The second-order valence-electron chi connectivity index (χ2n) is 7.97. The van der Waals surface area contributed by atoms with Crippen LogP contribution in [-0.4, -0.2) is 58.2 Å². The third kappa shape index (κ3) is 6.15. The molecular formula is C24H22F3N5O4. The van der Waals surface area contributed by atoms with Crippen molar-refractivity contribution in [3.8, 4) is 11.4 Å². The Balaban J connectivity index is 1.60. The first-order chi connectivity index (χ1) is 17.2. The number of nitrogens with zero attached hydrogens (tertiary/aromatic N) is 3. The van der Waals surface area contributed by atoms with Gasteiger partial charge in [-0.05, 0) is 36.4 Å². The number of nitrogens with one attached hydrogen (secondary N) is 2. The zero-order valence-electron chi connectivity index (χ0n) is 18.9. The first-order valence-electron chi connectivity index (χ1n) is 11.0. The topological polar surface area (TPSA) is 117 Å². The van der Waals surface area contributed by atoms with Crippen LogP contribution in [0, 0.1) is 0 Å². The quantitative estimate of drug-likeness (QED) is 0.350. The van der Waals surface area contributed by atoms with Gasteiger partial charge in [-0.25, -0.2) is 15.4 Å². The lowest BCUT2D eigenvalue weighted by Gasteiger charge is -2.26. The van der Waals surface area contributed by atoms with E-state index in [4.69, 9.17) is 9.94 Å². The van der Waals surface area contributed by atoms with Crippen molar-refractivity contribution in [2.24, 2.45) is 0 Å². The number of anilines is 2. The van der Waals surface area contributed by atoms with Gasteiger partial charge in [-0.15, -0.1) is 0 Å². The third-order valence-electron chi connectivity index (χ3n) is 5.40. The van der Waals surface area contributed by atoms with Crippen molar-refractivity contribution in [3.05, 3.63) is 71.4 Å². The Morgan fingerprint density at radius 2 is 1.75 bits per heavy atom. The Bertz CT molecular complexity index is 1250. The molecule has 0 spiro atoms. The van der Waals surface area contributed by atoms with Crippen LogP contribution in [0.15, 0.2) is 54.6 Å². The van der Waals surface area contributed by atoms with Gasteiger partial charge in [-0.1, -0.05) is 12.1 Å². The first kappa shape index (κ1) is 25.1. The van der Waals surface area contributed by atoms with Crippen LogP contribution in [0.4, 0.5) is 24.7 Å². The highest BCUT2D eigenvalue weighted by Crippen LogP contribution is 2.32. The van der Waals surface area contributed by atoms with Crippen molar-refractivity contribution in [1.82, 2.24) is 20.3 Å². The molecular weight excluding hydrogens is 479 g/mol. The van der Waals surface area contributed by atoms with E-state index in [0.717, 1.165) is 12.1 Å². The standard InChI is InChI=1S/C24H22F3N5O4/c25-24(26,27)17-3-1-2-16(12-17)22-29-19(14-21(33)31-35)13-20(30-22)28-18-6-4-15(5-7-18)23(34)32-8-10-36-11-9-32/h1-7,12-13,35H,8-11,14H2,(H,31,33)(H,28,29,30). The summed E-state index contributed by atoms with van der Waals surface area (Å²) in [6.07, 6.45) is -4.88. The van der Waals surface area contributed by atoms with E-state index in [2.05, 4.69) is 15.3 Å². The van der Waals surface area contributed by atoms with Gasteiger partial charge < -0.3 is 15.0 Å². The fraction of sp³-hybridized carbons (Fsp3) is 0.250. The predicted octanol–water partition coefficient (Wildman–Crippen LogP) is 3.43. The average Bonchev–Trinajstić information content (AvgIpc) is 2.88. The molecule has 1 aromatic heterocycles. The molecule has 0 unspecified atom stereocenters. The van der Waals surface area contributed by atoms with Gasteiger partial charge in [0, 0.05) is 36.0 Å². The molecule has 0 saturated carbocycles. The van der Waals surface area contributed by atoms with Gasteiger partial charge in [0.2, 0.25) is 5.91 Å². The molecule has 12 heteroatoms. The number of aromatic nitrogens is 2. The molecule has 2 heterocycles. The molecule has 1 aliphatic heterocycles. The maximum absolute atomic E-state index is 13.2. The molecule has 3 aromatic rings. The normalized spacial score (nSPS) is 13.8. The number of hydrogen-bond acceptors (Lipinski definition) is 7. The second-order valence-corrected chi connectivity index (χ2v) is 7.97. The van der Waals surface area contributed by atoms with Crippen LogP contribution >= 0.6 is 0 Å². The molecule has 0 bridgehead atoms. The maximum atomic E-state index is 13.2. The zero-order valence-corrected chi connectivity index (χ0v) is 18.9. The van der Waals surface area contributed by atoms with E-state index in [1.54, 1.807) is 29.2 Å². The Morgan fingerprint density at radius 3 is 2.42 bits per heavy atom. The number of halogens is 3. The number of alkyl halides is 3. The molecule has 1 aliphatic rings. The molecule has 1 fully saturated rings. The Labute approximate surface area is 203 Å². The van der Waals surface area contributed by atoms with Gasteiger partial charge in [0.25, 0.3) is 5.91 Å². The summed E-state index contributed by atoms with van der Waals surface area (Å²) in [5, 5.41) is 11.9. The van der Waals surface area contributed by atoms with Gasteiger partial charge in [0.05, 0.1) is 30.9 Å². The number of rotatable bonds is 6. The van der Waals surface area contributed by atoms with Crippen LogP contribution in [0.25, 0.3) is 11.4 Å². The molecule has 0 aliphatic carbocycles. The number of hydrogen-bond donors (Lipinski definition) is 3. The Hall–Kier alpha value is -4.03. The number of carbonyl (C=O) groups excluding carboxylic acids is 2. The van der Waals surface area contributed by atoms with E-state index in [0.29, 0.717) is 37.6 Å². The maximum Gasteiger partial charge on any atom is 0.416 e. The lowest BCUT2D eigenvalue weighted by molar-refractivity contribution is -0.137. The summed E-state index contributed by atoms with van der Waals surface area (Å²) >= 11 is 0. The SMILES string of the molecule is O=C(Cc1cc(Nc2ccc(C(=O)N3CCOCC3)cc2)nc(-c2cccc(C(F)(F)F)c2)n1)NO. The summed E-state index contributed by atoms with van der Waals surface area (Å²) in [6, 6.07) is 12.6. The van der Waals surface area contributed by atoms with Crippen molar-refractivity contribution in [1.29, 1.82) is 0 Å². The summed E-state index contributed by atoms with van der Waals surface area (Å²) in [5.41, 5.74) is 1.96. The van der Waals surface area contributed by atoms with E-state index in [9.17, 15) is 22.8 Å². The number of ether oxygens (including phenoxy) is 1. The van der Waals surface area contributed by atoms with Crippen molar-refractivity contribution < 1.29 is 32.7 Å². The minimum absolute atomic E-state index is 0.0362. The van der Waals surface area contributed by atoms with Crippen LogP contribution in [-0.2, 0) is 22.1 Å². The predicted molar refractivity (Wildman–Crippen MR) is 123 cm³/mol. The van der Waals surface area contributed by atoms with E-state index in [-0.39, 0.29) is 35.2 Å². The number of morpholine rings is 1. The smallest absolute Gasteiger partial charge is 0.378 e. The summed E-state index contributed by atoms with van der Waals surface area (Å²) in [6.45, 7) is 2.01. The second kappa shape index (κ2) is 10.7. The third-order valence-corrected chi connectivity index (χ3v) is 5.40. The Morgan fingerprint density at radius 1 is 1.03 bits per heavy atom. The summed E-state index contributed by atoms with van der Waals surface area (Å²) < 4.78 is 44.8. The van der Waals surface area contributed by atoms with Crippen molar-refractivity contribution in [3.63, 3.8) is 0 Å². The van der Waals surface area contributed by atoms with Gasteiger partial charge in [-0.3, -0.25) is 14.8 Å². The number of benzene rings is 2. The van der Waals surface area contributed by atoms with Gasteiger partial charge >= 0.3 is 6.18 Å². The number of amides is 2. The molecule has 0 radical (unpaired) electrons. The highest BCUT2D eigenvalue weighted by Gasteiger charge is 2.30. The van der Waals surface area contributed by atoms with Crippen LogP contribution in [0.1, 0.15) is 21.6 Å². The highest BCUT2D eigenvalue weighted by molar-refractivity contribution is 5.94. The summed E-state index contributed by atoms with van der Waals surface area (Å²) in [5.74, 6) is -0.687. The van der Waals surface area contributed by atoms with E-state index >= 15 is 0 Å². The highest BCUT2D eigenvalue weighted by atomic mass is 19.4. The van der Waals surface area contributed by atoms with Gasteiger partial charge in [0.1, 0.15) is 5.82 Å². The molecule has 2 aromatic carbocycles. The average molecular weight is 501 g/mol. The molecule has 1 saturated heterocycles. The largest absolute Gasteiger partial charge is 0.416 e. The van der Waals surface area contributed by atoms with Crippen molar-refractivity contribution in [2.45, 2.75) is 12.6 Å².